The molecule has 3 rings (SSSR count). The lowest BCUT2D eigenvalue weighted by molar-refractivity contribution is -0.117. The van der Waals surface area contributed by atoms with Gasteiger partial charge in [0.25, 0.3) is 0 Å². The van der Waals surface area contributed by atoms with Gasteiger partial charge in [-0.1, -0.05) is 25.1 Å². The van der Waals surface area contributed by atoms with Crippen LogP contribution < -0.4 is 5.32 Å². The van der Waals surface area contributed by atoms with Crippen molar-refractivity contribution < 1.29 is 4.79 Å². The zero-order chi connectivity index (χ0) is 17.8. The highest BCUT2D eigenvalue weighted by atomic mass is 16.2. The predicted molar refractivity (Wildman–Crippen MR) is 103 cm³/mol. The van der Waals surface area contributed by atoms with Gasteiger partial charge in [-0.15, -0.1) is 0 Å². The summed E-state index contributed by atoms with van der Waals surface area (Å²) in [7, 11) is 2.24. The van der Waals surface area contributed by atoms with E-state index in [9.17, 15) is 4.79 Å². The van der Waals surface area contributed by atoms with E-state index in [0.29, 0.717) is 24.5 Å². The second-order valence-corrected chi connectivity index (χ2v) is 7.80. The van der Waals surface area contributed by atoms with Crippen molar-refractivity contribution in [2.45, 2.75) is 32.4 Å². The molecule has 2 heterocycles. The molecule has 1 N–H and O–H groups in total. The Morgan fingerprint density at radius 2 is 1.80 bits per heavy atom. The summed E-state index contributed by atoms with van der Waals surface area (Å²) in [6.45, 7) is 10.5. The van der Waals surface area contributed by atoms with Gasteiger partial charge in [-0.05, 0) is 38.4 Å². The number of nitrogens with one attached hydrogen (secondary N) is 1. The molecule has 0 aromatic heterocycles. The van der Waals surface area contributed by atoms with Crippen molar-refractivity contribution in [2.75, 3.05) is 51.6 Å². The standard InChI is InChI=1S/C20H32N4O/c1-16-14-22(3)17(2)13-19(16)24-11-9-23(10-12-24)15-20(25)21-18-7-5-4-6-8-18/h4-8,16-17,19H,9-15H2,1-3H3,(H,21,25)/t16-,17+,19+/m1/s1. The molecule has 0 unspecified atom stereocenters. The van der Waals surface area contributed by atoms with Gasteiger partial charge in [0, 0.05) is 50.5 Å². The fourth-order valence-corrected chi connectivity index (χ4v) is 4.20. The molecule has 0 spiro atoms. The summed E-state index contributed by atoms with van der Waals surface area (Å²) in [5.74, 6) is 0.801. The van der Waals surface area contributed by atoms with E-state index in [2.05, 4.69) is 40.9 Å². The summed E-state index contributed by atoms with van der Waals surface area (Å²) in [6.07, 6.45) is 1.26. The van der Waals surface area contributed by atoms with Crippen LogP contribution in [0.2, 0.25) is 0 Å². The number of hydrogen-bond donors (Lipinski definition) is 1. The number of likely N-dealkylation sites (tertiary alicyclic amines) is 1. The van der Waals surface area contributed by atoms with Crippen LogP contribution in [0.5, 0.6) is 0 Å². The molecule has 1 amide bonds. The minimum Gasteiger partial charge on any atom is -0.325 e. The number of hydrogen-bond acceptors (Lipinski definition) is 4. The number of rotatable bonds is 4. The minimum atomic E-state index is 0.0842. The van der Waals surface area contributed by atoms with Gasteiger partial charge in [-0.25, -0.2) is 0 Å². The number of piperidine rings is 1. The first kappa shape index (κ1) is 18.4. The van der Waals surface area contributed by atoms with Gasteiger partial charge in [-0.3, -0.25) is 14.6 Å². The Labute approximate surface area is 152 Å². The number of carbonyl (C=O) groups is 1. The van der Waals surface area contributed by atoms with E-state index in [1.165, 1.54) is 13.0 Å². The largest absolute Gasteiger partial charge is 0.325 e. The number of piperazine rings is 1. The van der Waals surface area contributed by atoms with Crippen molar-refractivity contribution in [3.63, 3.8) is 0 Å². The number of amides is 1. The fraction of sp³-hybridized carbons (Fsp3) is 0.650. The van der Waals surface area contributed by atoms with Crippen LogP contribution in [-0.4, -0.2) is 79.0 Å². The first-order valence-corrected chi connectivity index (χ1v) is 9.54. The van der Waals surface area contributed by atoms with Gasteiger partial charge in [0.05, 0.1) is 6.54 Å². The van der Waals surface area contributed by atoms with E-state index in [0.717, 1.165) is 31.9 Å². The molecule has 0 aliphatic carbocycles. The zero-order valence-corrected chi connectivity index (χ0v) is 15.8. The quantitative estimate of drug-likeness (QED) is 0.906. The molecule has 3 atom stereocenters. The number of nitrogens with zero attached hydrogens (tertiary/aromatic N) is 3. The Kier molecular flexibility index (Phi) is 6.10. The molecule has 25 heavy (non-hydrogen) atoms. The molecule has 0 radical (unpaired) electrons. The van der Waals surface area contributed by atoms with Crippen LogP contribution in [0.3, 0.4) is 0 Å². The van der Waals surface area contributed by atoms with E-state index in [1.807, 2.05) is 30.3 Å². The van der Waals surface area contributed by atoms with Crippen LogP contribution in [0.25, 0.3) is 0 Å². The van der Waals surface area contributed by atoms with Gasteiger partial charge < -0.3 is 10.2 Å². The molecule has 2 fully saturated rings. The van der Waals surface area contributed by atoms with Crippen molar-refractivity contribution in [2.24, 2.45) is 5.92 Å². The molecule has 2 aliphatic rings. The molecule has 1 aromatic rings. The molecule has 0 bridgehead atoms. The van der Waals surface area contributed by atoms with Crippen molar-refractivity contribution >= 4 is 11.6 Å². The Morgan fingerprint density at radius 1 is 1.12 bits per heavy atom. The maximum Gasteiger partial charge on any atom is 0.238 e. The Balaban J connectivity index is 1.45. The number of benzene rings is 1. The molecule has 5 heteroatoms. The van der Waals surface area contributed by atoms with Crippen LogP contribution in [-0.2, 0) is 4.79 Å². The van der Waals surface area contributed by atoms with Crippen molar-refractivity contribution in [1.82, 2.24) is 14.7 Å². The topological polar surface area (TPSA) is 38.8 Å². The number of anilines is 1. The lowest BCUT2D eigenvalue weighted by atomic mass is 9.88. The van der Waals surface area contributed by atoms with Gasteiger partial charge in [0.15, 0.2) is 0 Å². The molecule has 0 saturated carbocycles. The van der Waals surface area contributed by atoms with Crippen LogP contribution >= 0.6 is 0 Å². The summed E-state index contributed by atoms with van der Waals surface area (Å²) < 4.78 is 0. The Bertz CT molecular complexity index is 556. The van der Waals surface area contributed by atoms with Gasteiger partial charge >= 0.3 is 0 Å². The molecule has 1 aromatic carbocycles. The lowest BCUT2D eigenvalue weighted by Crippen LogP contribution is -2.57. The second kappa shape index (κ2) is 8.30. The Morgan fingerprint density at radius 3 is 2.48 bits per heavy atom. The number of carbonyl (C=O) groups excluding carboxylic acids is 1. The van der Waals surface area contributed by atoms with Crippen LogP contribution in [0.1, 0.15) is 20.3 Å². The number of para-hydroxylation sites is 1. The normalized spacial score (nSPS) is 29.5. The van der Waals surface area contributed by atoms with E-state index in [4.69, 9.17) is 0 Å². The predicted octanol–water partition coefficient (Wildman–Crippen LogP) is 1.97. The molecular weight excluding hydrogens is 312 g/mol. The summed E-state index contributed by atoms with van der Waals surface area (Å²) >= 11 is 0. The van der Waals surface area contributed by atoms with Crippen molar-refractivity contribution in [3.8, 4) is 0 Å². The summed E-state index contributed by atoms with van der Waals surface area (Å²) in [5.41, 5.74) is 0.875. The van der Waals surface area contributed by atoms with Crippen LogP contribution in [0, 0.1) is 5.92 Å². The first-order valence-electron chi connectivity index (χ1n) is 9.54. The average Bonchev–Trinajstić information content (AvgIpc) is 2.60. The van der Waals surface area contributed by atoms with Crippen molar-refractivity contribution in [1.29, 1.82) is 0 Å². The van der Waals surface area contributed by atoms with Crippen molar-refractivity contribution in [3.05, 3.63) is 30.3 Å². The van der Waals surface area contributed by atoms with Crippen LogP contribution in [0.15, 0.2) is 30.3 Å². The van der Waals surface area contributed by atoms with Gasteiger partial charge in [0.1, 0.15) is 0 Å². The van der Waals surface area contributed by atoms with Gasteiger partial charge in [0.2, 0.25) is 5.91 Å². The SMILES string of the molecule is C[C@@H]1CN(C)[C@@H](C)C[C@@H]1N1CCN(CC(=O)Nc2ccccc2)CC1. The molecule has 138 valence electrons. The van der Waals surface area contributed by atoms with Crippen LogP contribution in [0.4, 0.5) is 5.69 Å². The maximum atomic E-state index is 12.2. The highest BCUT2D eigenvalue weighted by Crippen LogP contribution is 2.26. The lowest BCUT2D eigenvalue weighted by Gasteiger charge is -2.47. The minimum absolute atomic E-state index is 0.0842. The Hall–Kier alpha value is -1.43. The van der Waals surface area contributed by atoms with E-state index >= 15 is 0 Å². The molecule has 2 aliphatic heterocycles. The second-order valence-electron chi connectivity index (χ2n) is 7.80. The smallest absolute Gasteiger partial charge is 0.238 e. The van der Waals surface area contributed by atoms with E-state index in [1.54, 1.807) is 0 Å². The summed E-state index contributed by atoms with van der Waals surface area (Å²) in [5, 5.41) is 2.98. The first-order chi connectivity index (χ1) is 12.0. The fourth-order valence-electron chi connectivity index (χ4n) is 4.20. The summed E-state index contributed by atoms with van der Waals surface area (Å²) in [6, 6.07) is 11.1. The monoisotopic (exact) mass is 344 g/mol. The molecule has 2 saturated heterocycles. The average molecular weight is 345 g/mol. The van der Waals surface area contributed by atoms with E-state index < -0.39 is 0 Å². The third kappa shape index (κ3) is 4.81. The zero-order valence-electron chi connectivity index (χ0n) is 15.8. The molecular formula is C20H32N4O. The third-order valence-electron chi connectivity index (χ3n) is 5.87. The highest BCUT2D eigenvalue weighted by Gasteiger charge is 2.34. The molecule has 5 nitrogen and oxygen atoms in total. The third-order valence-corrected chi connectivity index (χ3v) is 5.87. The highest BCUT2D eigenvalue weighted by molar-refractivity contribution is 5.92. The van der Waals surface area contributed by atoms with E-state index in [-0.39, 0.29) is 5.91 Å². The summed E-state index contributed by atoms with van der Waals surface area (Å²) in [4.78, 5) is 19.6. The van der Waals surface area contributed by atoms with Gasteiger partial charge in [-0.2, -0.15) is 0 Å². The maximum absolute atomic E-state index is 12.2.